The van der Waals surface area contributed by atoms with Crippen LogP contribution in [0.5, 0.6) is 0 Å². The van der Waals surface area contributed by atoms with Crippen molar-refractivity contribution in [3.05, 3.63) is 47.4 Å². The van der Waals surface area contributed by atoms with Gasteiger partial charge in [0.05, 0.1) is 5.92 Å². The lowest BCUT2D eigenvalue weighted by molar-refractivity contribution is -0.124. The van der Waals surface area contributed by atoms with Crippen LogP contribution in [0.15, 0.2) is 28.7 Å². The zero-order valence-corrected chi connectivity index (χ0v) is 15.4. The van der Waals surface area contributed by atoms with E-state index in [4.69, 9.17) is 4.42 Å². The van der Waals surface area contributed by atoms with E-state index in [2.05, 4.69) is 29.4 Å². The third-order valence-electron chi connectivity index (χ3n) is 4.04. The summed E-state index contributed by atoms with van der Waals surface area (Å²) in [5, 5.41) is 11.0. The molecule has 0 spiro atoms. The van der Waals surface area contributed by atoms with Gasteiger partial charge in [-0.25, -0.2) is 4.39 Å². The lowest BCUT2D eigenvalue weighted by Gasteiger charge is -2.24. The Hall–Kier alpha value is -2.24. The van der Waals surface area contributed by atoms with Crippen LogP contribution in [0, 0.1) is 24.6 Å². The lowest BCUT2D eigenvalue weighted by Crippen LogP contribution is -2.35. The summed E-state index contributed by atoms with van der Waals surface area (Å²) in [6, 6.07) is 5.74. The van der Waals surface area contributed by atoms with Crippen molar-refractivity contribution in [2.45, 2.75) is 53.0 Å². The van der Waals surface area contributed by atoms with Crippen LogP contribution in [0.3, 0.4) is 0 Å². The average Bonchev–Trinajstić information content (AvgIpc) is 2.94. The second-order valence-corrected chi connectivity index (χ2v) is 7.12. The summed E-state index contributed by atoms with van der Waals surface area (Å²) in [7, 11) is 0. The number of nitrogens with one attached hydrogen (secondary N) is 1. The number of amides is 1. The van der Waals surface area contributed by atoms with Gasteiger partial charge in [-0.15, -0.1) is 10.2 Å². The van der Waals surface area contributed by atoms with Crippen molar-refractivity contribution in [2.24, 2.45) is 11.8 Å². The van der Waals surface area contributed by atoms with Gasteiger partial charge in [-0.05, 0) is 36.0 Å². The summed E-state index contributed by atoms with van der Waals surface area (Å²) in [5.74, 6) is 0.488. The number of nitrogens with zero attached hydrogens (tertiary/aromatic N) is 2. The summed E-state index contributed by atoms with van der Waals surface area (Å²) < 4.78 is 18.7. The standard InChI is InChI=1S/C19H26FN3O2/c1-11(2)10-16(19-23-22-13(5)25-19)21-18(24)17(12(3)4)14-6-8-15(20)9-7-14/h6-9,11-12,16-17H,10H2,1-5H3,(H,21,24). The second-order valence-electron chi connectivity index (χ2n) is 7.12. The molecule has 0 saturated carbocycles. The molecule has 0 aliphatic rings. The highest BCUT2D eigenvalue weighted by Gasteiger charge is 2.29. The van der Waals surface area contributed by atoms with Crippen molar-refractivity contribution < 1.29 is 13.6 Å². The van der Waals surface area contributed by atoms with Crippen LogP contribution in [0.2, 0.25) is 0 Å². The maximum atomic E-state index is 13.2. The quantitative estimate of drug-likeness (QED) is 0.816. The van der Waals surface area contributed by atoms with E-state index in [0.29, 0.717) is 24.1 Å². The van der Waals surface area contributed by atoms with Crippen LogP contribution in [-0.4, -0.2) is 16.1 Å². The van der Waals surface area contributed by atoms with Gasteiger partial charge in [-0.2, -0.15) is 0 Å². The van der Waals surface area contributed by atoms with Crippen molar-refractivity contribution in [3.8, 4) is 0 Å². The molecule has 0 saturated heterocycles. The highest BCUT2D eigenvalue weighted by molar-refractivity contribution is 5.84. The molecule has 25 heavy (non-hydrogen) atoms. The molecule has 1 N–H and O–H groups in total. The zero-order chi connectivity index (χ0) is 18.6. The molecular weight excluding hydrogens is 321 g/mol. The number of halogens is 1. The lowest BCUT2D eigenvalue weighted by atomic mass is 9.87. The monoisotopic (exact) mass is 347 g/mol. The average molecular weight is 347 g/mol. The van der Waals surface area contributed by atoms with Gasteiger partial charge in [-0.1, -0.05) is 39.8 Å². The first-order valence-corrected chi connectivity index (χ1v) is 8.63. The molecular formula is C19H26FN3O2. The van der Waals surface area contributed by atoms with E-state index in [1.165, 1.54) is 12.1 Å². The third-order valence-corrected chi connectivity index (χ3v) is 4.04. The molecule has 2 atom stereocenters. The number of carbonyl (C=O) groups is 1. The normalized spacial score (nSPS) is 13.9. The fourth-order valence-electron chi connectivity index (χ4n) is 2.92. The van der Waals surface area contributed by atoms with Crippen LogP contribution in [0.4, 0.5) is 4.39 Å². The van der Waals surface area contributed by atoms with Gasteiger partial charge in [0.25, 0.3) is 0 Å². The Morgan fingerprint density at radius 1 is 1.16 bits per heavy atom. The molecule has 5 nitrogen and oxygen atoms in total. The van der Waals surface area contributed by atoms with Crippen molar-refractivity contribution in [3.63, 3.8) is 0 Å². The Labute approximate surface area is 148 Å². The van der Waals surface area contributed by atoms with Crippen LogP contribution in [0.25, 0.3) is 0 Å². The zero-order valence-electron chi connectivity index (χ0n) is 15.4. The van der Waals surface area contributed by atoms with E-state index >= 15 is 0 Å². The van der Waals surface area contributed by atoms with Crippen molar-refractivity contribution in [1.82, 2.24) is 15.5 Å². The molecule has 0 aliphatic heterocycles. The highest BCUT2D eigenvalue weighted by atomic mass is 19.1. The molecule has 0 bridgehead atoms. The van der Waals surface area contributed by atoms with Crippen molar-refractivity contribution >= 4 is 5.91 Å². The Morgan fingerprint density at radius 2 is 1.80 bits per heavy atom. The first-order valence-electron chi connectivity index (χ1n) is 8.63. The van der Waals surface area contributed by atoms with E-state index in [1.807, 2.05) is 13.8 Å². The summed E-state index contributed by atoms with van der Waals surface area (Å²) in [6.45, 7) is 9.81. The number of benzene rings is 1. The van der Waals surface area contributed by atoms with Crippen molar-refractivity contribution in [1.29, 1.82) is 0 Å². The molecule has 0 radical (unpaired) electrons. The maximum absolute atomic E-state index is 13.2. The molecule has 1 heterocycles. The predicted molar refractivity (Wildman–Crippen MR) is 93.4 cm³/mol. The SMILES string of the molecule is Cc1nnc(C(CC(C)C)NC(=O)C(c2ccc(F)cc2)C(C)C)o1. The molecule has 6 heteroatoms. The maximum Gasteiger partial charge on any atom is 0.238 e. The highest BCUT2D eigenvalue weighted by Crippen LogP contribution is 2.27. The Morgan fingerprint density at radius 3 is 2.28 bits per heavy atom. The summed E-state index contributed by atoms with van der Waals surface area (Å²) in [5.41, 5.74) is 0.791. The van der Waals surface area contributed by atoms with Gasteiger partial charge >= 0.3 is 0 Å². The van der Waals surface area contributed by atoms with Gasteiger partial charge in [0.1, 0.15) is 11.9 Å². The van der Waals surface area contributed by atoms with E-state index in [0.717, 1.165) is 5.56 Å². The minimum absolute atomic E-state index is 0.0644. The Kier molecular flexibility index (Phi) is 6.28. The molecule has 136 valence electrons. The van der Waals surface area contributed by atoms with Gasteiger partial charge in [0, 0.05) is 6.92 Å². The predicted octanol–water partition coefficient (Wildman–Crippen LogP) is 4.16. The Balaban J connectivity index is 2.23. The number of aromatic nitrogens is 2. The third kappa shape index (κ3) is 5.11. The fourth-order valence-corrected chi connectivity index (χ4v) is 2.92. The molecule has 1 aromatic heterocycles. The van der Waals surface area contributed by atoms with Crippen LogP contribution in [0.1, 0.15) is 63.4 Å². The van der Waals surface area contributed by atoms with Gasteiger partial charge in [0.2, 0.25) is 17.7 Å². The fraction of sp³-hybridized carbons (Fsp3) is 0.526. The smallest absolute Gasteiger partial charge is 0.238 e. The summed E-state index contributed by atoms with van der Waals surface area (Å²) >= 11 is 0. The van der Waals surface area contributed by atoms with Crippen LogP contribution < -0.4 is 5.32 Å². The number of hydrogen-bond donors (Lipinski definition) is 1. The van der Waals surface area contributed by atoms with E-state index in [-0.39, 0.29) is 29.6 Å². The van der Waals surface area contributed by atoms with Gasteiger partial charge in [-0.3, -0.25) is 4.79 Å². The van der Waals surface area contributed by atoms with E-state index in [9.17, 15) is 9.18 Å². The van der Waals surface area contributed by atoms with E-state index in [1.54, 1.807) is 19.1 Å². The largest absolute Gasteiger partial charge is 0.423 e. The van der Waals surface area contributed by atoms with Gasteiger partial charge < -0.3 is 9.73 Å². The van der Waals surface area contributed by atoms with E-state index < -0.39 is 0 Å². The Bertz CT molecular complexity index is 695. The molecule has 2 aromatic rings. The van der Waals surface area contributed by atoms with Crippen LogP contribution >= 0.6 is 0 Å². The minimum atomic E-state index is -0.376. The summed E-state index contributed by atoms with van der Waals surface area (Å²) in [6.07, 6.45) is 0.696. The molecule has 2 rings (SSSR count). The molecule has 0 fully saturated rings. The first kappa shape index (κ1) is 19.1. The van der Waals surface area contributed by atoms with Crippen LogP contribution in [-0.2, 0) is 4.79 Å². The molecule has 2 unspecified atom stereocenters. The summed E-state index contributed by atoms with van der Waals surface area (Å²) in [4.78, 5) is 12.9. The van der Waals surface area contributed by atoms with Crippen molar-refractivity contribution in [2.75, 3.05) is 0 Å². The number of rotatable bonds is 7. The minimum Gasteiger partial charge on any atom is -0.423 e. The van der Waals surface area contributed by atoms with Gasteiger partial charge in [0.15, 0.2) is 0 Å². The molecule has 1 aromatic carbocycles. The second kappa shape index (κ2) is 8.23. The first-order chi connectivity index (χ1) is 11.8. The number of aryl methyl sites for hydroxylation is 1. The molecule has 1 amide bonds. The molecule has 0 aliphatic carbocycles. The number of carbonyl (C=O) groups excluding carboxylic acids is 1. The number of hydrogen-bond acceptors (Lipinski definition) is 4. The topological polar surface area (TPSA) is 68.0 Å².